The molecule has 4 rings (SSSR count). The Morgan fingerprint density at radius 1 is 1.18 bits per heavy atom. The first kappa shape index (κ1) is 18.6. The molecule has 0 atom stereocenters. The van der Waals surface area contributed by atoms with Crippen molar-refractivity contribution in [1.29, 1.82) is 0 Å². The van der Waals surface area contributed by atoms with Crippen LogP contribution in [0, 0.1) is 5.92 Å². The predicted molar refractivity (Wildman–Crippen MR) is 110 cm³/mol. The minimum absolute atomic E-state index is 0.102. The van der Waals surface area contributed by atoms with Crippen molar-refractivity contribution < 1.29 is 14.6 Å². The molecular weight excluding hydrogens is 352 g/mol. The van der Waals surface area contributed by atoms with Crippen molar-refractivity contribution in [3.05, 3.63) is 59.8 Å². The van der Waals surface area contributed by atoms with Crippen LogP contribution in [0.3, 0.4) is 0 Å². The minimum Gasteiger partial charge on any atom is -0.508 e. The Labute approximate surface area is 164 Å². The first-order valence-electron chi connectivity index (χ1n) is 9.81. The Kier molecular flexibility index (Phi) is 5.35. The average Bonchev–Trinajstić information content (AvgIpc) is 3.13. The number of ketones is 1. The van der Waals surface area contributed by atoms with Gasteiger partial charge in [0, 0.05) is 22.7 Å². The van der Waals surface area contributed by atoms with Gasteiger partial charge in [0.25, 0.3) is 0 Å². The van der Waals surface area contributed by atoms with Gasteiger partial charge in [-0.1, -0.05) is 12.1 Å². The molecule has 2 aromatic carbocycles. The lowest BCUT2D eigenvalue weighted by molar-refractivity contribution is 0.0897. The molecule has 1 aliphatic rings. The van der Waals surface area contributed by atoms with Gasteiger partial charge in [0.05, 0.1) is 13.7 Å². The number of aromatic amines is 1. The van der Waals surface area contributed by atoms with E-state index in [-0.39, 0.29) is 11.5 Å². The van der Waals surface area contributed by atoms with E-state index < -0.39 is 0 Å². The number of fused-ring (bicyclic) bond motifs is 1. The molecule has 0 radical (unpaired) electrons. The molecule has 1 aromatic heterocycles. The van der Waals surface area contributed by atoms with Gasteiger partial charge >= 0.3 is 0 Å². The van der Waals surface area contributed by atoms with E-state index in [9.17, 15) is 9.90 Å². The third-order valence-corrected chi connectivity index (χ3v) is 5.72. The monoisotopic (exact) mass is 378 g/mol. The Hall–Kier alpha value is -2.79. The molecule has 0 aliphatic carbocycles. The SMILES string of the molecule is COc1ccc(CC2CCN(CC(=O)c3c[nH]c4ccc(O)cc34)CC2)cc1. The third kappa shape index (κ3) is 4.04. The maximum Gasteiger partial charge on any atom is 0.178 e. The van der Waals surface area contributed by atoms with Crippen LogP contribution in [0.1, 0.15) is 28.8 Å². The van der Waals surface area contributed by atoms with Crippen LogP contribution in [0.4, 0.5) is 0 Å². The van der Waals surface area contributed by atoms with Crippen LogP contribution in [0.5, 0.6) is 11.5 Å². The Balaban J connectivity index is 1.32. The molecule has 2 N–H and O–H groups in total. The fourth-order valence-corrected chi connectivity index (χ4v) is 4.07. The van der Waals surface area contributed by atoms with Gasteiger partial charge < -0.3 is 14.8 Å². The standard InChI is InChI=1S/C23H26N2O3/c1-28-19-5-2-16(3-6-19)12-17-8-10-25(11-9-17)15-23(27)21-14-24-22-7-4-18(26)13-20(21)22/h2-7,13-14,17,24,26H,8-12,15H2,1H3. The number of benzene rings is 2. The van der Waals surface area contributed by atoms with Gasteiger partial charge in [0.1, 0.15) is 11.5 Å². The fourth-order valence-electron chi connectivity index (χ4n) is 4.07. The van der Waals surface area contributed by atoms with Crippen LogP contribution in [0.25, 0.3) is 10.9 Å². The number of likely N-dealkylation sites (tertiary alicyclic amines) is 1. The van der Waals surface area contributed by atoms with E-state index in [0.29, 0.717) is 18.0 Å². The van der Waals surface area contributed by atoms with E-state index >= 15 is 0 Å². The Morgan fingerprint density at radius 3 is 2.64 bits per heavy atom. The molecule has 5 nitrogen and oxygen atoms in total. The van der Waals surface area contributed by atoms with Crippen LogP contribution in [0.2, 0.25) is 0 Å². The van der Waals surface area contributed by atoms with E-state index in [0.717, 1.165) is 49.0 Å². The van der Waals surface area contributed by atoms with E-state index in [2.05, 4.69) is 22.0 Å². The minimum atomic E-state index is 0.102. The van der Waals surface area contributed by atoms with Crippen LogP contribution < -0.4 is 4.74 Å². The summed E-state index contributed by atoms with van der Waals surface area (Å²) in [7, 11) is 1.69. The Bertz CT molecular complexity index is 954. The molecule has 1 aliphatic heterocycles. The topological polar surface area (TPSA) is 65.6 Å². The molecule has 2 heterocycles. The summed E-state index contributed by atoms with van der Waals surface area (Å²) in [5, 5.41) is 10.5. The number of methoxy groups -OCH3 is 1. The number of rotatable bonds is 6. The summed E-state index contributed by atoms with van der Waals surface area (Å²) >= 11 is 0. The molecule has 0 saturated carbocycles. The number of nitrogens with one attached hydrogen (secondary N) is 1. The summed E-state index contributed by atoms with van der Waals surface area (Å²) in [6, 6.07) is 13.4. The lowest BCUT2D eigenvalue weighted by Gasteiger charge is -2.31. The number of Topliss-reactive ketones (excluding diaryl/α,β-unsaturated/α-hetero) is 1. The smallest absolute Gasteiger partial charge is 0.178 e. The maximum absolute atomic E-state index is 12.8. The first-order valence-corrected chi connectivity index (χ1v) is 9.81. The molecule has 0 amide bonds. The zero-order chi connectivity index (χ0) is 19.5. The number of phenolic OH excluding ortho intramolecular Hbond substituents is 1. The number of H-pyrrole nitrogens is 1. The summed E-state index contributed by atoms with van der Waals surface area (Å²) < 4.78 is 5.22. The largest absolute Gasteiger partial charge is 0.508 e. The van der Waals surface area contributed by atoms with Crippen LogP contribution in [0.15, 0.2) is 48.7 Å². The van der Waals surface area contributed by atoms with Gasteiger partial charge in [-0.3, -0.25) is 9.69 Å². The zero-order valence-electron chi connectivity index (χ0n) is 16.1. The molecule has 0 unspecified atom stereocenters. The van der Waals surface area contributed by atoms with Crippen molar-refractivity contribution in [2.45, 2.75) is 19.3 Å². The van der Waals surface area contributed by atoms with Crippen LogP contribution in [-0.4, -0.2) is 47.5 Å². The molecule has 28 heavy (non-hydrogen) atoms. The summed E-state index contributed by atoms with van der Waals surface area (Å²) in [5.74, 6) is 1.83. The lowest BCUT2D eigenvalue weighted by Crippen LogP contribution is -2.37. The fraction of sp³-hybridized carbons (Fsp3) is 0.348. The Morgan fingerprint density at radius 2 is 1.93 bits per heavy atom. The van der Waals surface area contributed by atoms with Crippen molar-refractivity contribution in [3.63, 3.8) is 0 Å². The predicted octanol–water partition coefficient (Wildman–Crippen LogP) is 4.02. The number of aromatic nitrogens is 1. The highest BCUT2D eigenvalue weighted by molar-refractivity contribution is 6.09. The number of carbonyl (C=O) groups is 1. The van der Waals surface area contributed by atoms with Gasteiger partial charge in [0.2, 0.25) is 0 Å². The highest BCUT2D eigenvalue weighted by Crippen LogP contribution is 2.25. The molecule has 1 fully saturated rings. The van der Waals surface area contributed by atoms with Gasteiger partial charge in [0.15, 0.2) is 5.78 Å². The number of nitrogens with zero attached hydrogens (tertiary/aromatic N) is 1. The van der Waals surface area contributed by atoms with E-state index in [1.807, 2.05) is 12.1 Å². The van der Waals surface area contributed by atoms with Crippen molar-refractivity contribution in [2.24, 2.45) is 5.92 Å². The zero-order valence-corrected chi connectivity index (χ0v) is 16.1. The average molecular weight is 378 g/mol. The van der Waals surface area contributed by atoms with Gasteiger partial charge in [-0.2, -0.15) is 0 Å². The maximum atomic E-state index is 12.8. The van der Waals surface area contributed by atoms with E-state index in [4.69, 9.17) is 4.74 Å². The van der Waals surface area contributed by atoms with Crippen molar-refractivity contribution in [2.75, 3.05) is 26.7 Å². The first-order chi connectivity index (χ1) is 13.6. The number of hydrogen-bond donors (Lipinski definition) is 2. The molecule has 5 heteroatoms. The second-order valence-electron chi connectivity index (χ2n) is 7.63. The van der Waals surface area contributed by atoms with E-state index in [1.54, 1.807) is 31.5 Å². The van der Waals surface area contributed by atoms with Crippen LogP contribution in [-0.2, 0) is 6.42 Å². The van der Waals surface area contributed by atoms with Crippen molar-refractivity contribution in [3.8, 4) is 11.5 Å². The van der Waals surface area contributed by atoms with Gasteiger partial charge in [-0.05, 0) is 74.2 Å². The lowest BCUT2D eigenvalue weighted by atomic mass is 9.90. The summed E-state index contributed by atoms with van der Waals surface area (Å²) in [6.07, 6.45) is 5.04. The molecule has 0 spiro atoms. The van der Waals surface area contributed by atoms with Gasteiger partial charge in [-0.15, -0.1) is 0 Å². The molecular formula is C23H26N2O3. The second-order valence-corrected chi connectivity index (χ2v) is 7.63. The summed E-state index contributed by atoms with van der Waals surface area (Å²) in [4.78, 5) is 18.1. The summed E-state index contributed by atoms with van der Waals surface area (Å²) in [6.45, 7) is 2.32. The number of aromatic hydroxyl groups is 1. The number of phenols is 1. The van der Waals surface area contributed by atoms with Crippen molar-refractivity contribution in [1.82, 2.24) is 9.88 Å². The van der Waals surface area contributed by atoms with Gasteiger partial charge in [-0.25, -0.2) is 0 Å². The summed E-state index contributed by atoms with van der Waals surface area (Å²) in [5.41, 5.74) is 2.87. The highest BCUT2D eigenvalue weighted by atomic mass is 16.5. The van der Waals surface area contributed by atoms with Crippen LogP contribution >= 0.6 is 0 Å². The normalized spacial score (nSPS) is 15.8. The number of piperidine rings is 1. The number of carbonyl (C=O) groups excluding carboxylic acids is 1. The van der Waals surface area contributed by atoms with E-state index in [1.165, 1.54) is 5.56 Å². The number of ether oxygens (including phenoxy) is 1. The molecule has 146 valence electrons. The quantitative estimate of drug-likeness (QED) is 0.636. The second kappa shape index (κ2) is 8.07. The number of hydrogen-bond acceptors (Lipinski definition) is 4. The molecule has 1 saturated heterocycles. The molecule has 3 aromatic rings. The third-order valence-electron chi connectivity index (χ3n) is 5.72. The van der Waals surface area contributed by atoms with Crippen molar-refractivity contribution >= 4 is 16.7 Å². The molecule has 0 bridgehead atoms. The highest BCUT2D eigenvalue weighted by Gasteiger charge is 2.22.